The predicted octanol–water partition coefficient (Wildman–Crippen LogP) is -3.80. The molecule has 0 saturated carbocycles. The van der Waals surface area contributed by atoms with Crippen LogP contribution in [0, 0.1) is 0 Å². The lowest BCUT2D eigenvalue weighted by Crippen LogP contribution is -2.53. The second kappa shape index (κ2) is 17.6. The minimum Gasteiger partial charge on any atom is -0.426 e. The Morgan fingerprint density at radius 2 is 1.89 bits per heavy atom. The highest BCUT2D eigenvalue weighted by Crippen LogP contribution is 2.18. The minimum atomic E-state index is -1.61. The number of nitrogens with one attached hydrogen (secondary N) is 3. The van der Waals surface area contributed by atoms with E-state index in [9.17, 15) is 29.2 Å². The second-order valence-electron chi connectivity index (χ2n) is 8.60. The molecule has 1 rings (SSSR count). The Labute approximate surface area is 216 Å². The summed E-state index contributed by atoms with van der Waals surface area (Å²) in [5.41, 5.74) is 11.3. The normalized spacial score (nSPS) is 17.2. The minimum absolute atomic E-state index is 0.0212. The first-order valence-corrected chi connectivity index (χ1v) is 12.2. The fourth-order valence-electron chi connectivity index (χ4n) is 3.59. The van der Waals surface area contributed by atoms with E-state index < -0.39 is 31.1 Å². The van der Waals surface area contributed by atoms with E-state index in [0.717, 1.165) is 0 Å². The summed E-state index contributed by atoms with van der Waals surface area (Å²) < 4.78 is 10.6. The predicted molar refractivity (Wildman–Crippen MR) is 135 cm³/mol. The van der Waals surface area contributed by atoms with Crippen LogP contribution in [0.5, 0.6) is 0 Å². The van der Waals surface area contributed by atoms with Gasteiger partial charge in [0, 0.05) is 26.6 Å². The SMILES string of the molecule is CC(=O)NC(N)=NCCC[C@H](N)C(=O)NCCOCCOCC(=O)N[C@H](C)C(=O)N1CCCC1B(O)O. The molecule has 1 heterocycles. The summed E-state index contributed by atoms with van der Waals surface area (Å²) >= 11 is 0. The van der Waals surface area contributed by atoms with Gasteiger partial charge in [-0.05, 0) is 32.6 Å². The van der Waals surface area contributed by atoms with Crippen molar-refractivity contribution in [2.75, 3.05) is 46.1 Å². The maximum absolute atomic E-state index is 12.5. The van der Waals surface area contributed by atoms with E-state index in [4.69, 9.17) is 20.9 Å². The first-order valence-electron chi connectivity index (χ1n) is 12.2. The third-order valence-electron chi connectivity index (χ3n) is 5.42. The molecule has 0 aromatic carbocycles. The zero-order chi connectivity index (χ0) is 27.8. The van der Waals surface area contributed by atoms with Crippen molar-refractivity contribution in [2.45, 2.75) is 57.6 Å². The zero-order valence-electron chi connectivity index (χ0n) is 21.5. The average Bonchev–Trinajstić information content (AvgIpc) is 3.32. The molecule has 210 valence electrons. The number of likely N-dealkylation sites (tertiary alicyclic amines) is 1. The van der Waals surface area contributed by atoms with Crippen molar-refractivity contribution in [3.8, 4) is 0 Å². The van der Waals surface area contributed by atoms with Crippen LogP contribution in [0.1, 0.15) is 39.5 Å². The number of carbonyl (C=O) groups excluding carboxylic acids is 4. The Balaban J connectivity index is 2.07. The van der Waals surface area contributed by atoms with Crippen LogP contribution < -0.4 is 27.4 Å². The molecule has 9 N–H and O–H groups in total. The molecule has 0 bridgehead atoms. The number of aliphatic imine (C=N–C) groups is 1. The van der Waals surface area contributed by atoms with Gasteiger partial charge in [0.15, 0.2) is 5.96 Å². The fraction of sp³-hybridized carbons (Fsp3) is 0.762. The van der Waals surface area contributed by atoms with Gasteiger partial charge < -0.3 is 46.5 Å². The van der Waals surface area contributed by atoms with E-state index >= 15 is 0 Å². The van der Waals surface area contributed by atoms with E-state index in [1.54, 1.807) is 0 Å². The summed E-state index contributed by atoms with van der Waals surface area (Å²) in [5, 5.41) is 26.3. The number of carbonyl (C=O) groups is 4. The summed E-state index contributed by atoms with van der Waals surface area (Å²) in [6.07, 6.45) is 2.08. The highest BCUT2D eigenvalue weighted by atomic mass is 16.5. The van der Waals surface area contributed by atoms with Crippen LogP contribution in [-0.2, 0) is 28.7 Å². The van der Waals surface area contributed by atoms with Crippen molar-refractivity contribution in [1.82, 2.24) is 20.9 Å². The quantitative estimate of drug-likeness (QED) is 0.0446. The molecular formula is C21H40BN7O8. The van der Waals surface area contributed by atoms with Crippen LogP contribution in [0.15, 0.2) is 4.99 Å². The van der Waals surface area contributed by atoms with Gasteiger partial charge in [-0.3, -0.25) is 29.5 Å². The Morgan fingerprint density at radius 3 is 2.57 bits per heavy atom. The molecule has 15 nitrogen and oxygen atoms in total. The third-order valence-corrected chi connectivity index (χ3v) is 5.42. The number of guanidine groups is 1. The molecule has 1 fully saturated rings. The third kappa shape index (κ3) is 13.4. The number of hydrogen-bond acceptors (Lipinski definition) is 10. The topological polar surface area (TPSA) is 231 Å². The number of nitrogens with zero attached hydrogens (tertiary/aromatic N) is 2. The lowest BCUT2D eigenvalue weighted by Gasteiger charge is -2.27. The van der Waals surface area contributed by atoms with Crippen molar-refractivity contribution in [2.24, 2.45) is 16.5 Å². The van der Waals surface area contributed by atoms with Gasteiger partial charge in [-0.2, -0.15) is 0 Å². The summed E-state index contributed by atoms with van der Waals surface area (Å²) in [6, 6.07) is -1.53. The zero-order valence-corrected chi connectivity index (χ0v) is 21.5. The van der Waals surface area contributed by atoms with E-state index in [-0.39, 0.29) is 56.7 Å². The van der Waals surface area contributed by atoms with Crippen molar-refractivity contribution in [1.29, 1.82) is 0 Å². The van der Waals surface area contributed by atoms with E-state index in [1.165, 1.54) is 18.7 Å². The van der Waals surface area contributed by atoms with Crippen molar-refractivity contribution >= 4 is 36.7 Å². The maximum atomic E-state index is 12.5. The van der Waals surface area contributed by atoms with E-state index in [0.29, 0.717) is 38.8 Å². The molecule has 0 radical (unpaired) electrons. The summed E-state index contributed by atoms with van der Waals surface area (Å²) in [5.74, 6) is -2.14. The highest BCUT2D eigenvalue weighted by Gasteiger charge is 2.38. The average molecular weight is 529 g/mol. The Morgan fingerprint density at radius 1 is 1.19 bits per heavy atom. The number of amides is 4. The van der Waals surface area contributed by atoms with Crippen LogP contribution in [0.2, 0.25) is 0 Å². The first-order chi connectivity index (χ1) is 17.5. The fourth-order valence-corrected chi connectivity index (χ4v) is 3.59. The van der Waals surface area contributed by atoms with E-state index in [1.807, 2.05) is 0 Å². The summed E-state index contributed by atoms with van der Waals surface area (Å²) in [7, 11) is -1.61. The van der Waals surface area contributed by atoms with Gasteiger partial charge in [0.2, 0.25) is 23.6 Å². The smallest absolute Gasteiger partial charge is 0.426 e. The lowest BCUT2D eigenvalue weighted by atomic mass is 9.78. The maximum Gasteiger partial charge on any atom is 0.475 e. The molecule has 0 aliphatic carbocycles. The number of hydrogen-bond donors (Lipinski definition) is 7. The van der Waals surface area contributed by atoms with Gasteiger partial charge in [-0.15, -0.1) is 0 Å². The number of rotatable bonds is 16. The van der Waals surface area contributed by atoms with Gasteiger partial charge >= 0.3 is 7.12 Å². The molecule has 4 amide bonds. The van der Waals surface area contributed by atoms with Crippen molar-refractivity contribution in [3.05, 3.63) is 0 Å². The Kier molecular flexibility index (Phi) is 15.4. The molecule has 1 saturated heterocycles. The van der Waals surface area contributed by atoms with Gasteiger partial charge in [-0.1, -0.05) is 0 Å². The summed E-state index contributed by atoms with van der Waals surface area (Å²) in [6.45, 7) is 4.13. The van der Waals surface area contributed by atoms with Crippen LogP contribution in [-0.4, -0.2) is 116 Å². The molecule has 1 aliphatic rings. The van der Waals surface area contributed by atoms with Crippen molar-refractivity contribution < 1.29 is 38.7 Å². The second-order valence-corrected chi connectivity index (χ2v) is 8.60. The molecule has 0 spiro atoms. The van der Waals surface area contributed by atoms with Gasteiger partial charge in [-0.25, -0.2) is 0 Å². The molecule has 16 heteroatoms. The first kappa shape index (κ1) is 32.2. The molecule has 37 heavy (non-hydrogen) atoms. The molecule has 1 unspecified atom stereocenters. The Hall–Kier alpha value is -2.79. The monoisotopic (exact) mass is 529 g/mol. The van der Waals surface area contributed by atoms with Crippen LogP contribution in [0.3, 0.4) is 0 Å². The largest absolute Gasteiger partial charge is 0.475 e. The molecule has 3 atom stereocenters. The van der Waals surface area contributed by atoms with Crippen molar-refractivity contribution in [3.63, 3.8) is 0 Å². The van der Waals surface area contributed by atoms with Gasteiger partial charge in [0.05, 0.1) is 31.8 Å². The molecular weight excluding hydrogens is 489 g/mol. The summed E-state index contributed by atoms with van der Waals surface area (Å²) in [4.78, 5) is 52.6. The number of nitrogens with two attached hydrogens (primary N) is 2. The van der Waals surface area contributed by atoms with E-state index in [2.05, 4.69) is 20.9 Å². The Bertz CT molecular complexity index is 786. The van der Waals surface area contributed by atoms with Gasteiger partial charge in [0.25, 0.3) is 0 Å². The molecule has 1 aliphatic heterocycles. The van der Waals surface area contributed by atoms with Gasteiger partial charge in [0.1, 0.15) is 12.6 Å². The number of ether oxygens (including phenoxy) is 2. The standard InChI is InChI=1S/C21H40BN7O8/c1-14(20(33)29-9-4-6-17(29)22(34)35)27-18(31)13-37-12-11-36-10-8-25-19(32)16(23)5-3-7-26-21(24)28-15(2)30/h14,16-17,34-35H,3-13,23H2,1-2H3,(H,25,32)(H,27,31)(H3,24,26,28,30)/t14-,16+,17?/m1/s1. The molecule has 0 aromatic heterocycles. The highest BCUT2D eigenvalue weighted by molar-refractivity contribution is 6.43. The van der Waals surface area contributed by atoms with Crippen LogP contribution >= 0.6 is 0 Å². The molecule has 0 aromatic rings. The van der Waals surface area contributed by atoms with Crippen LogP contribution in [0.25, 0.3) is 0 Å². The van der Waals surface area contributed by atoms with Crippen LogP contribution in [0.4, 0.5) is 0 Å². The lowest BCUT2D eigenvalue weighted by molar-refractivity contribution is -0.137.